The van der Waals surface area contributed by atoms with E-state index in [4.69, 9.17) is 9.72 Å². The Balaban J connectivity index is 1.21. The van der Waals surface area contributed by atoms with Crippen molar-refractivity contribution in [3.8, 4) is 17.3 Å². The molecule has 4 aromatic rings. The molecule has 5 atom stereocenters. The molecule has 5 aliphatic rings. The third-order valence-electron chi connectivity index (χ3n) is 10.7. The average Bonchev–Trinajstić information content (AvgIpc) is 3.56. The zero-order valence-corrected chi connectivity index (χ0v) is 22.6. The van der Waals surface area contributed by atoms with Gasteiger partial charge in [-0.1, -0.05) is 0 Å². The van der Waals surface area contributed by atoms with Crippen molar-refractivity contribution in [3.05, 3.63) is 47.5 Å². The fourth-order valence-electron chi connectivity index (χ4n) is 8.36. The first-order valence-corrected chi connectivity index (χ1v) is 14.7. The predicted molar refractivity (Wildman–Crippen MR) is 149 cm³/mol. The number of carbonyl (C=O) groups excluding carboxylic acids is 1. The van der Waals surface area contributed by atoms with Gasteiger partial charge < -0.3 is 23.9 Å². The highest BCUT2D eigenvalue weighted by atomic mass is 16.5. The number of methoxy groups -OCH3 is 1. The van der Waals surface area contributed by atoms with Crippen molar-refractivity contribution < 1.29 is 14.6 Å². The summed E-state index contributed by atoms with van der Waals surface area (Å²) in [6, 6.07) is 12.9. The maximum Gasteiger partial charge on any atom is 0.254 e. The summed E-state index contributed by atoms with van der Waals surface area (Å²) in [4.78, 5) is 21.2. The van der Waals surface area contributed by atoms with E-state index >= 15 is 0 Å². The van der Waals surface area contributed by atoms with E-state index in [0.717, 1.165) is 70.6 Å². The number of hydrogen-bond donors (Lipinski definition) is 1. The van der Waals surface area contributed by atoms with E-state index in [9.17, 15) is 9.90 Å². The Labute approximate surface area is 227 Å². The second kappa shape index (κ2) is 7.45. The molecule has 39 heavy (non-hydrogen) atoms. The molecular formula is C32H34N4O3. The summed E-state index contributed by atoms with van der Waals surface area (Å²) in [6.07, 6.45) is 5.58. The van der Waals surface area contributed by atoms with Crippen LogP contribution >= 0.6 is 0 Å². The van der Waals surface area contributed by atoms with Crippen LogP contribution < -0.4 is 4.74 Å². The van der Waals surface area contributed by atoms with Gasteiger partial charge in [0, 0.05) is 47.7 Å². The molecule has 0 radical (unpaired) electrons. The van der Waals surface area contributed by atoms with Crippen molar-refractivity contribution >= 4 is 27.8 Å². The van der Waals surface area contributed by atoms with Crippen molar-refractivity contribution in [2.45, 2.75) is 63.8 Å². The van der Waals surface area contributed by atoms with Crippen molar-refractivity contribution in [1.29, 1.82) is 0 Å². The fraction of sp³-hybridized carbons (Fsp3) is 0.500. The first-order chi connectivity index (χ1) is 18.9. The number of nitrogens with zero attached hydrogens (tertiary/aromatic N) is 4. The van der Waals surface area contributed by atoms with Crippen LogP contribution in [-0.4, -0.2) is 49.7 Å². The summed E-state index contributed by atoms with van der Waals surface area (Å²) >= 11 is 0. The summed E-state index contributed by atoms with van der Waals surface area (Å²) in [6.45, 7) is 4.43. The lowest BCUT2D eigenvalue weighted by Crippen LogP contribution is -2.53. The van der Waals surface area contributed by atoms with Gasteiger partial charge in [-0.15, -0.1) is 0 Å². The lowest BCUT2D eigenvalue weighted by molar-refractivity contribution is -0.0204. The predicted octanol–water partition coefficient (Wildman–Crippen LogP) is 5.17. The first kappa shape index (κ1) is 22.5. The number of fused-ring (bicyclic) bond motifs is 1. The zero-order valence-electron chi connectivity index (χ0n) is 22.6. The maximum absolute atomic E-state index is 13.9. The smallest absolute Gasteiger partial charge is 0.254 e. The van der Waals surface area contributed by atoms with E-state index in [1.54, 1.807) is 7.11 Å². The molecule has 3 aliphatic carbocycles. The Morgan fingerprint density at radius 1 is 1.15 bits per heavy atom. The van der Waals surface area contributed by atoms with Gasteiger partial charge in [0.25, 0.3) is 5.91 Å². The standard InChI is InChI=1S/C32H34N4O3/c1-32(38)7-8-34-29-23(32)11-20(31(37)36-16-21-9-19-14-26(36)28(19)21)12-24(29)33-30(34)27-13-18-10-22(39-2)5-6-25(18)35(27)15-17-3-4-17/h5-6,10-13,17,19,21,26,28,38H,3-4,7-9,14-16H2,1-2H3/t19?,21?,26?,28-,32?/m1/s1. The van der Waals surface area contributed by atoms with Crippen LogP contribution in [0.1, 0.15) is 54.9 Å². The second-order valence-electron chi connectivity index (χ2n) is 13.1. The Kier molecular flexibility index (Phi) is 4.29. The normalized spacial score (nSPS) is 30.4. The fourth-order valence-corrected chi connectivity index (χ4v) is 8.36. The molecular weight excluding hydrogens is 488 g/mol. The van der Waals surface area contributed by atoms with Crippen LogP contribution in [0.25, 0.3) is 33.5 Å². The van der Waals surface area contributed by atoms with E-state index in [-0.39, 0.29) is 5.91 Å². The Morgan fingerprint density at radius 2 is 2.03 bits per heavy atom. The zero-order chi connectivity index (χ0) is 26.2. The molecule has 1 amide bonds. The van der Waals surface area contributed by atoms with Crippen molar-refractivity contribution in [3.63, 3.8) is 0 Å². The number of aromatic nitrogens is 3. The third kappa shape index (κ3) is 3.02. The number of likely N-dealkylation sites (tertiary alicyclic amines) is 1. The molecule has 7 heteroatoms. The van der Waals surface area contributed by atoms with Gasteiger partial charge in [-0.3, -0.25) is 4.79 Å². The maximum atomic E-state index is 13.9. The van der Waals surface area contributed by atoms with Crippen molar-refractivity contribution in [2.75, 3.05) is 13.7 Å². The van der Waals surface area contributed by atoms with E-state index in [1.165, 1.54) is 24.8 Å². The van der Waals surface area contributed by atoms with Crippen molar-refractivity contribution in [1.82, 2.24) is 19.0 Å². The molecule has 2 aliphatic heterocycles. The average molecular weight is 523 g/mol. The highest BCUT2D eigenvalue weighted by Crippen LogP contribution is 2.61. The van der Waals surface area contributed by atoms with E-state index in [0.29, 0.717) is 36.4 Å². The van der Waals surface area contributed by atoms with Gasteiger partial charge in [-0.05, 0) is 99.1 Å². The number of benzene rings is 2. The Hall–Kier alpha value is -3.32. The number of hydrogen-bond acceptors (Lipinski definition) is 4. The molecule has 4 fully saturated rings. The minimum Gasteiger partial charge on any atom is -0.497 e. The molecule has 4 unspecified atom stereocenters. The summed E-state index contributed by atoms with van der Waals surface area (Å²) in [5.41, 5.74) is 4.56. The van der Waals surface area contributed by atoms with E-state index in [1.807, 2.05) is 25.1 Å². The van der Waals surface area contributed by atoms with Gasteiger partial charge in [-0.25, -0.2) is 4.98 Å². The van der Waals surface area contributed by atoms with Gasteiger partial charge in [0.2, 0.25) is 0 Å². The first-order valence-electron chi connectivity index (χ1n) is 14.7. The topological polar surface area (TPSA) is 72.5 Å². The quantitative estimate of drug-likeness (QED) is 0.393. The van der Waals surface area contributed by atoms with Gasteiger partial charge in [0.05, 0.1) is 29.4 Å². The molecule has 2 aromatic heterocycles. The summed E-state index contributed by atoms with van der Waals surface area (Å²) in [5, 5.41) is 12.7. The highest BCUT2D eigenvalue weighted by Gasteiger charge is 2.61. The second-order valence-corrected chi connectivity index (χ2v) is 13.1. The molecule has 0 spiro atoms. The van der Waals surface area contributed by atoms with Crippen LogP contribution in [0.5, 0.6) is 5.75 Å². The lowest BCUT2D eigenvalue weighted by atomic mass is 9.53. The van der Waals surface area contributed by atoms with Gasteiger partial charge in [0.15, 0.2) is 5.82 Å². The summed E-state index contributed by atoms with van der Waals surface area (Å²) in [5.74, 6) is 4.86. The van der Waals surface area contributed by atoms with Crippen LogP contribution in [-0.2, 0) is 18.7 Å². The Morgan fingerprint density at radius 3 is 2.79 bits per heavy atom. The number of aliphatic hydroxyl groups is 1. The van der Waals surface area contributed by atoms with E-state index in [2.05, 4.69) is 32.2 Å². The molecule has 0 bridgehead atoms. The molecule has 9 rings (SSSR count). The number of aryl methyl sites for hydroxylation is 1. The molecule has 200 valence electrons. The lowest BCUT2D eigenvalue weighted by Gasteiger charge is -2.52. The van der Waals surface area contributed by atoms with E-state index < -0.39 is 5.60 Å². The number of imidazole rings is 1. The molecule has 4 heterocycles. The van der Waals surface area contributed by atoms with Crippen molar-refractivity contribution in [2.24, 2.45) is 23.7 Å². The molecule has 3 saturated carbocycles. The number of amides is 1. The van der Waals surface area contributed by atoms with Crippen LogP contribution in [0, 0.1) is 23.7 Å². The molecule has 1 N–H and O–H groups in total. The monoisotopic (exact) mass is 522 g/mol. The highest BCUT2D eigenvalue weighted by molar-refractivity contribution is 6.00. The molecule has 2 aromatic carbocycles. The van der Waals surface area contributed by atoms with Gasteiger partial charge >= 0.3 is 0 Å². The third-order valence-corrected chi connectivity index (χ3v) is 10.7. The number of ether oxygens (including phenoxy) is 1. The molecule has 1 saturated heterocycles. The van der Waals surface area contributed by atoms with Gasteiger partial charge in [0.1, 0.15) is 5.75 Å². The summed E-state index contributed by atoms with van der Waals surface area (Å²) in [7, 11) is 1.71. The Bertz CT molecular complexity index is 1710. The van der Waals surface area contributed by atoms with Crippen LogP contribution in [0.4, 0.5) is 0 Å². The minimum absolute atomic E-state index is 0.110. The van der Waals surface area contributed by atoms with Crippen LogP contribution in [0.2, 0.25) is 0 Å². The SMILES string of the molecule is COc1ccc2c(c1)cc(-c1nc3cc(C(=O)N4CC5CC6CC4[C@H]65)cc4c3n1CCC4(C)O)n2CC1CC1. The number of carbonyl (C=O) groups is 1. The summed E-state index contributed by atoms with van der Waals surface area (Å²) < 4.78 is 10.2. The van der Waals surface area contributed by atoms with Crippen LogP contribution in [0.3, 0.4) is 0 Å². The van der Waals surface area contributed by atoms with Crippen LogP contribution in [0.15, 0.2) is 36.4 Å². The van der Waals surface area contributed by atoms with Gasteiger partial charge in [-0.2, -0.15) is 0 Å². The molecule has 7 nitrogen and oxygen atoms in total. The number of rotatable bonds is 5. The minimum atomic E-state index is -0.998. The largest absolute Gasteiger partial charge is 0.497 e.